The topological polar surface area (TPSA) is 230 Å². The highest BCUT2D eigenvalue weighted by atomic mass is 79.9. The number of para-hydroxylation sites is 4. The smallest absolute Gasteiger partial charge is 0.381 e. The Kier molecular flexibility index (Phi) is 24.3. The van der Waals surface area contributed by atoms with Crippen LogP contribution < -0.4 is 11.1 Å². The van der Waals surface area contributed by atoms with E-state index in [1.165, 1.54) is 7.11 Å². The number of halogens is 1. The third kappa shape index (κ3) is 17.0. The lowest BCUT2D eigenvalue weighted by Gasteiger charge is -2.36. The number of methoxy groups -OCH3 is 1. The van der Waals surface area contributed by atoms with Crippen LogP contribution in [0.4, 0.5) is 0 Å². The number of nitrogens with two attached hydrogens (primary N) is 1. The van der Waals surface area contributed by atoms with E-state index in [1.54, 1.807) is 15.4 Å². The molecular formula is C80H92BrN9O9Si2. The zero-order chi connectivity index (χ0) is 71.7. The van der Waals surface area contributed by atoms with Crippen LogP contribution >= 0.6 is 15.9 Å². The van der Waals surface area contributed by atoms with E-state index < -0.39 is 40.2 Å². The first-order chi connectivity index (χ1) is 47.7. The summed E-state index contributed by atoms with van der Waals surface area (Å²) in [4.78, 5) is 61.9. The number of esters is 1. The number of aliphatic hydroxyl groups excluding tert-OH is 1. The number of carbonyl (C=O) groups excluding carboxylic acids is 5. The van der Waals surface area contributed by atoms with Crippen molar-refractivity contribution in [2.24, 2.45) is 5.73 Å². The number of carbonyl (C=O) groups is 5. The van der Waals surface area contributed by atoms with E-state index in [0.29, 0.717) is 40.2 Å². The summed E-state index contributed by atoms with van der Waals surface area (Å²) in [6, 6.07) is 59.2. The van der Waals surface area contributed by atoms with Gasteiger partial charge in [-0.15, -0.1) is 0 Å². The monoisotopic (exact) mass is 1460 g/mol. The van der Waals surface area contributed by atoms with Gasteiger partial charge < -0.3 is 29.0 Å². The molecule has 1 aliphatic rings. The Morgan fingerprint density at radius 2 is 1.03 bits per heavy atom. The van der Waals surface area contributed by atoms with Gasteiger partial charge in [-0.2, -0.15) is 15.3 Å². The maximum Gasteiger partial charge on any atom is 0.381 e. The minimum Gasteiger partial charge on any atom is -0.463 e. The lowest BCUT2D eigenvalue weighted by Crippen LogP contribution is -2.41. The number of rotatable bonds is 20. The minimum atomic E-state index is -1.70. The Morgan fingerprint density at radius 3 is 1.60 bits per heavy atom. The first-order valence-corrected chi connectivity index (χ1v) is 40.6. The van der Waals surface area contributed by atoms with Crippen LogP contribution in [0.1, 0.15) is 95.7 Å². The van der Waals surface area contributed by atoms with Gasteiger partial charge in [0.2, 0.25) is 5.91 Å². The lowest BCUT2D eigenvalue weighted by atomic mass is 9.97. The highest BCUT2D eigenvalue weighted by molar-refractivity contribution is 9.09. The molecule has 0 saturated heterocycles. The summed E-state index contributed by atoms with van der Waals surface area (Å²) in [5, 5.41) is 35.0. The summed E-state index contributed by atoms with van der Waals surface area (Å²) in [5.41, 5.74) is 13.2. The van der Waals surface area contributed by atoms with Crippen molar-refractivity contribution in [1.29, 1.82) is 0 Å². The van der Waals surface area contributed by atoms with Crippen molar-refractivity contribution < 1.29 is 42.7 Å². The molecule has 0 saturated carbocycles. The van der Waals surface area contributed by atoms with E-state index in [4.69, 9.17) is 19.7 Å². The van der Waals surface area contributed by atoms with E-state index in [0.717, 1.165) is 115 Å². The molecule has 1 aliphatic heterocycles. The van der Waals surface area contributed by atoms with Gasteiger partial charge in [-0.1, -0.05) is 198 Å². The zero-order valence-electron chi connectivity index (χ0n) is 58.8. The van der Waals surface area contributed by atoms with Gasteiger partial charge in [0.1, 0.15) is 11.4 Å². The molecule has 0 aliphatic carbocycles. The highest BCUT2D eigenvalue weighted by Gasteiger charge is 2.39. The predicted octanol–water partition coefficient (Wildman–Crippen LogP) is 16.5. The number of Topliss-reactive ketones (excluding diaryl/α,β-unsaturated/α-hetero) is 1. The number of fused-ring (bicyclic) bond motifs is 6. The predicted molar refractivity (Wildman–Crippen MR) is 416 cm³/mol. The third-order valence-electron chi connectivity index (χ3n) is 18.9. The maximum absolute atomic E-state index is 13.4. The second-order valence-electron chi connectivity index (χ2n) is 27.7. The van der Waals surface area contributed by atoms with Crippen LogP contribution in [0.3, 0.4) is 0 Å². The molecule has 101 heavy (non-hydrogen) atoms. The fourth-order valence-electron chi connectivity index (χ4n) is 11.5. The first kappa shape index (κ1) is 75.7. The summed E-state index contributed by atoms with van der Waals surface area (Å²) < 4.78 is 24.2. The van der Waals surface area contributed by atoms with Crippen molar-refractivity contribution in [3.8, 4) is 11.4 Å². The molecule has 0 unspecified atom stereocenters. The van der Waals surface area contributed by atoms with E-state index in [9.17, 15) is 29.1 Å². The molecule has 0 atom stereocenters. The average Bonchev–Trinajstić information content (AvgIpc) is 1.59. The average molecular weight is 1460 g/mol. The van der Waals surface area contributed by atoms with Gasteiger partial charge in [0.05, 0.1) is 58.1 Å². The fourth-order valence-corrected chi connectivity index (χ4v) is 13.9. The summed E-state index contributed by atoms with van der Waals surface area (Å²) in [5.74, 6) is -2.93. The molecule has 21 heteroatoms. The summed E-state index contributed by atoms with van der Waals surface area (Å²) in [6.45, 7) is 25.6. The molecule has 0 radical (unpaired) electrons. The van der Waals surface area contributed by atoms with Crippen LogP contribution in [0.15, 0.2) is 188 Å². The van der Waals surface area contributed by atoms with Crippen LogP contribution in [0.5, 0.6) is 0 Å². The van der Waals surface area contributed by atoms with Crippen LogP contribution in [0.25, 0.3) is 87.7 Å². The number of ether oxygens (including phenoxy) is 1. The van der Waals surface area contributed by atoms with Gasteiger partial charge in [0.15, 0.2) is 16.6 Å². The van der Waals surface area contributed by atoms with Crippen molar-refractivity contribution in [3.63, 3.8) is 0 Å². The largest absolute Gasteiger partial charge is 0.463 e. The standard InChI is InChI=1S/C32H24N4O3.C20H14N2O3.C18H29N3O2Si.C9H21BrOSi.CH4/c37-17-7-16-36-27-13-6-4-11-24(27)30(34-36)29-28(31(38)33-32(29)39)25-19-35(26-12-5-3-10-23(25)26)22-15-14-20-8-1-2-9-21(20)18-22;1-25-20(24)19(23)18-16-8-4-5-9-17(16)22(21-18)15-11-10-13-6-2-3-7-14(13)12-15;1-18(2,3)24(4,5)23-12-8-11-21-16-10-7-6-9-14(16)15(20-21)13-17(19)22;1-9(2,3)12(4,5)11-8-6-7-10;/h1-6,8-15,18-19,37H,7,16-17H2,(H,33,38,39);2-12H,1H3;6-7,9-10H,8,11-13H2,1-5H3,(H2,19,22);6-8H2,1-5H3;1H4. The molecular weight excluding hydrogens is 1370 g/mol. The summed E-state index contributed by atoms with van der Waals surface area (Å²) in [6.07, 6.45) is 4.66. The van der Waals surface area contributed by atoms with E-state index in [1.807, 2.05) is 156 Å². The number of aromatic nitrogens is 7. The SMILES string of the molecule is C.CC(C)(C)[Si](C)(C)OCCCBr.CC(C)(C)[Si](C)(C)OCCCn1nc(CC(N)=O)c2ccccc21.COC(=O)C(=O)c1nn(-c2ccc3ccccc3c2)c2ccccc12.O=C1NC(=O)C(c2nn(CCCO)c3ccccc23)=C1c1cn(-c2ccc3ccccc3c2)c2ccccc12. The van der Waals surface area contributed by atoms with Crippen LogP contribution in [0.2, 0.25) is 36.3 Å². The molecule has 4 N–H and O–H groups in total. The molecule has 4 aromatic heterocycles. The first-order valence-electron chi connectivity index (χ1n) is 33.7. The molecule has 0 fully saturated rings. The molecule has 8 aromatic carbocycles. The normalized spacial score (nSPS) is 12.6. The van der Waals surface area contributed by atoms with Crippen LogP contribution in [0, 0.1) is 0 Å². The zero-order valence-corrected chi connectivity index (χ0v) is 62.4. The number of imide groups is 1. The highest BCUT2D eigenvalue weighted by Crippen LogP contribution is 2.41. The fraction of sp³-hybridized carbons (Fsp3) is 0.300. The molecule has 0 bridgehead atoms. The van der Waals surface area contributed by atoms with Gasteiger partial charge in [-0.3, -0.25) is 33.9 Å². The number of benzene rings is 8. The minimum absolute atomic E-state index is 0. The number of alkyl halides is 1. The number of ketones is 1. The molecule has 18 nitrogen and oxygen atoms in total. The molecule has 12 aromatic rings. The Hall–Kier alpha value is -9.49. The Labute approximate surface area is 600 Å². The second kappa shape index (κ2) is 32.4. The van der Waals surface area contributed by atoms with Crippen molar-refractivity contribution in [2.75, 3.05) is 32.3 Å². The number of nitrogens with one attached hydrogen (secondary N) is 1. The number of hydrogen-bond donors (Lipinski definition) is 3. The lowest BCUT2D eigenvalue weighted by molar-refractivity contribution is -0.135. The van der Waals surface area contributed by atoms with Crippen LogP contribution in [-0.2, 0) is 52.3 Å². The maximum atomic E-state index is 13.4. The van der Waals surface area contributed by atoms with Crippen molar-refractivity contribution in [2.45, 2.75) is 124 Å². The van der Waals surface area contributed by atoms with Gasteiger partial charge in [0, 0.05) is 77.2 Å². The Bertz CT molecular complexity index is 5030. The van der Waals surface area contributed by atoms with Crippen LogP contribution in [-0.4, -0.2) is 117 Å². The molecule has 13 rings (SSSR count). The molecule has 3 amide bonds. The molecule has 0 spiro atoms. The number of nitrogens with zero attached hydrogens (tertiary/aromatic N) is 7. The van der Waals surface area contributed by atoms with Gasteiger partial charge in [-0.25, -0.2) is 9.48 Å². The Morgan fingerprint density at radius 1 is 0.554 bits per heavy atom. The van der Waals surface area contributed by atoms with E-state index in [-0.39, 0.29) is 42.7 Å². The number of amides is 3. The van der Waals surface area contributed by atoms with Gasteiger partial charge in [0.25, 0.3) is 17.6 Å². The Balaban J connectivity index is 0.000000168. The molecule has 5 heterocycles. The van der Waals surface area contributed by atoms with Crippen molar-refractivity contribution in [1.82, 2.24) is 39.2 Å². The number of hydrogen-bond acceptors (Lipinski definition) is 12. The second-order valence-corrected chi connectivity index (χ2v) is 38.1. The quantitative estimate of drug-likeness (QED) is 0.0123. The number of primary amides is 1. The molecule has 526 valence electrons. The summed E-state index contributed by atoms with van der Waals surface area (Å²) in [7, 11) is -1.98. The number of aryl methyl sites for hydroxylation is 2. The summed E-state index contributed by atoms with van der Waals surface area (Å²) >= 11 is 3.40. The number of aliphatic hydroxyl groups is 1. The van der Waals surface area contributed by atoms with Gasteiger partial charge >= 0.3 is 5.97 Å². The van der Waals surface area contributed by atoms with Gasteiger partial charge in [-0.05, 0) is 126 Å². The van der Waals surface area contributed by atoms with E-state index >= 15 is 0 Å². The van der Waals surface area contributed by atoms with E-state index in [2.05, 4.69) is 139 Å². The van der Waals surface area contributed by atoms with Crippen molar-refractivity contribution in [3.05, 3.63) is 211 Å². The third-order valence-corrected chi connectivity index (χ3v) is 28.5. The van der Waals surface area contributed by atoms with Crippen molar-refractivity contribution >= 4 is 138 Å².